The Labute approximate surface area is 186 Å². The first-order valence-electron chi connectivity index (χ1n) is 9.45. The molecule has 160 valence electrons. The van der Waals surface area contributed by atoms with Gasteiger partial charge in [-0.15, -0.1) is 0 Å². The number of nitrogens with one attached hydrogen (secondary N) is 2. The predicted octanol–water partition coefficient (Wildman–Crippen LogP) is 3.44. The van der Waals surface area contributed by atoms with Gasteiger partial charge >= 0.3 is 5.76 Å². The zero-order chi connectivity index (χ0) is 22.5. The van der Waals surface area contributed by atoms with Gasteiger partial charge in [0.1, 0.15) is 12.2 Å². The first kappa shape index (κ1) is 21.0. The molecule has 0 atom stereocenters. The molecule has 0 aliphatic rings. The largest absolute Gasteiger partial charge is 0.442 e. The van der Waals surface area contributed by atoms with E-state index in [0.717, 1.165) is 4.57 Å². The molecular formula is C22H16ClN5O4. The molecule has 0 saturated carbocycles. The van der Waals surface area contributed by atoms with E-state index in [9.17, 15) is 14.4 Å². The number of rotatable bonds is 6. The summed E-state index contributed by atoms with van der Waals surface area (Å²) < 4.78 is 5.77. The molecule has 0 unspecified atom stereocenters. The van der Waals surface area contributed by atoms with Crippen molar-refractivity contribution in [1.29, 1.82) is 0 Å². The normalized spacial score (nSPS) is 10.5. The Kier molecular flexibility index (Phi) is 6.09. The Balaban J connectivity index is 1.52. The van der Waals surface area contributed by atoms with Crippen LogP contribution >= 0.6 is 11.6 Å². The molecule has 0 aliphatic carbocycles. The molecule has 2 aromatic heterocycles. The Morgan fingerprint density at radius 1 is 0.969 bits per heavy atom. The number of para-hydroxylation sites is 1. The first-order valence-corrected chi connectivity index (χ1v) is 9.83. The molecule has 0 fully saturated rings. The van der Waals surface area contributed by atoms with Gasteiger partial charge in [0.05, 0.1) is 11.3 Å². The fourth-order valence-corrected chi connectivity index (χ4v) is 3.07. The average Bonchev–Trinajstić information content (AvgIpc) is 3.16. The number of carbonyl (C=O) groups excluding carboxylic acids is 2. The van der Waals surface area contributed by atoms with E-state index in [2.05, 4.69) is 20.8 Å². The number of pyridine rings is 1. The molecule has 32 heavy (non-hydrogen) atoms. The number of aromatic nitrogens is 3. The lowest BCUT2D eigenvalue weighted by Crippen LogP contribution is -2.26. The number of anilines is 2. The van der Waals surface area contributed by atoms with Gasteiger partial charge in [-0.1, -0.05) is 35.0 Å². The summed E-state index contributed by atoms with van der Waals surface area (Å²) in [6, 6.07) is 18.2. The van der Waals surface area contributed by atoms with Crippen LogP contribution in [0.3, 0.4) is 0 Å². The number of benzene rings is 2. The molecule has 0 radical (unpaired) electrons. The molecule has 2 heterocycles. The summed E-state index contributed by atoms with van der Waals surface area (Å²) in [6.07, 6.45) is 1.54. The Morgan fingerprint density at radius 2 is 1.72 bits per heavy atom. The molecule has 0 saturated heterocycles. The van der Waals surface area contributed by atoms with Crippen LogP contribution < -0.4 is 16.4 Å². The number of hydrogen-bond acceptors (Lipinski definition) is 6. The van der Waals surface area contributed by atoms with Gasteiger partial charge in [0, 0.05) is 16.9 Å². The third-order valence-electron chi connectivity index (χ3n) is 4.43. The van der Waals surface area contributed by atoms with E-state index in [1.54, 1.807) is 66.7 Å². The lowest BCUT2D eigenvalue weighted by molar-refractivity contribution is -0.116. The van der Waals surface area contributed by atoms with Crippen molar-refractivity contribution in [2.24, 2.45) is 0 Å². The van der Waals surface area contributed by atoms with Crippen LogP contribution in [0.25, 0.3) is 11.5 Å². The highest BCUT2D eigenvalue weighted by molar-refractivity contribution is 6.30. The second-order valence-electron chi connectivity index (χ2n) is 6.63. The predicted molar refractivity (Wildman–Crippen MR) is 118 cm³/mol. The zero-order valence-electron chi connectivity index (χ0n) is 16.5. The molecule has 4 rings (SSSR count). The molecule has 4 aromatic rings. The topological polar surface area (TPSA) is 119 Å². The van der Waals surface area contributed by atoms with E-state index in [4.69, 9.17) is 16.1 Å². The summed E-state index contributed by atoms with van der Waals surface area (Å²) in [5, 5.41) is 9.66. The number of hydrogen-bond donors (Lipinski definition) is 2. The van der Waals surface area contributed by atoms with E-state index in [0.29, 0.717) is 16.4 Å². The van der Waals surface area contributed by atoms with Crippen LogP contribution in [-0.4, -0.2) is 26.5 Å². The van der Waals surface area contributed by atoms with E-state index >= 15 is 0 Å². The summed E-state index contributed by atoms with van der Waals surface area (Å²) in [4.78, 5) is 41.6. The lowest BCUT2D eigenvalue weighted by Gasteiger charge is -2.12. The van der Waals surface area contributed by atoms with Gasteiger partial charge in [-0.2, -0.15) is 0 Å². The zero-order valence-corrected chi connectivity index (χ0v) is 17.2. The van der Waals surface area contributed by atoms with Crippen molar-refractivity contribution < 1.29 is 14.1 Å². The Hall–Kier alpha value is -4.24. The van der Waals surface area contributed by atoms with Gasteiger partial charge < -0.3 is 10.6 Å². The first-order chi connectivity index (χ1) is 15.5. The number of carbonyl (C=O) groups is 2. The number of nitrogens with zero attached hydrogens (tertiary/aromatic N) is 3. The number of halogens is 1. The van der Waals surface area contributed by atoms with Gasteiger partial charge in [0.2, 0.25) is 11.7 Å². The van der Waals surface area contributed by atoms with Crippen molar-refractivity contribution in [2.45, 2.75) is 6.54 Å². The van der Waals surface area contributed by atoms with Crippen LogP contribution in [0.4, 0.5) is 11.4 Å². The van der Waals surface area contributed by atoms with Crippen LogP contribution in [0.15, 0.2) is 82.2 Å². The van der Waals surface area contributed by atoms with Gasteiger partial charge in [-0.3, -0.25) is 19.1 Å². The highest BCUT2D eigenvalue weighted by Crippen LogP contribution is 2.19. The van der Waals surface area contributed by atoms with Crippen LogP contribution in [0.1, 0.15) is 10.4 Å². The van der Waals surface area contributed by atoms with Crippen molar-refractivity contribution in [2.75, 3.05) is 10.6 Å². The second-order valence-corrected chi connectivity index (χ2v) is 7.06. The highest BCUT2D eigenvalue weighted by atomic mass is 35.5. The summed E-state index contributed by atoms with van der Waals surface area (Å²) in [5.74, 6) is -1.63. The molecule has 0 aliphatic heterocycles. The standard InChI is InChI=1S/C22H16ClN5O4/c23-14-8-10-15(11-9-14)25-21(30)16-5-1-2-6-17(16)26-19(29)13-28-20(27-32-22(28)31)18-7-3-4-12-24-18/h1-12H,13H2,(H,25,30)(H,26,29). The van der Waals surface area contributed by atoms with Gasteiger partial charge in [0.25, 0.3) is 5.91 Å². The van der Waals surface area contributed by atoms with Crippen molar-refractivity contribution >= 4 is 34.8 Å². The molecule has 2 aromatic carbocycles. The van der Waals surface area contributed by atoms with E-state index in [-0.39, 0.29) is 23.6 Å². The monoisotopic (exact) mass is 449 g/mol. The quantitative estimate of drug-likeness (QED) is 0.465. The van der Waals surface area contributed by atoms with Crippen LogP contribution in [0.5, 0.6) is 0 Å². The van der Waals surface area contributed by atoms with Crippen LogP contribution in [0, 0.1) is 0 Å². The molecule has 2 N–H and O–H groups in total. The maximum absolute atomic E-state index is 12.7. The SMILES string of the molecule is O=C(Cn1c(-c2ccccn2)noc1=O)Nc1ccccc1C(=O)Nc1ccc(Cl)cc1. The lowest BCUT2D eigenvalue weighted by atomic mass is 10.1. The van der Waals surface area contributed by atoms with Crippen molar-refractivity contribution in [3.05, 3.63) is 94.1 Å². The Bertz CT molecular complexity index is 1320. The van der Waals surface area contributed by atoms with Crippen LogP contribution in [0.2, 0.25) is 5.02 Å². The van der Waals surface area contributed by atoms with Gasteiger partial charge in [-0.25, -0.2) is 9.36 Å². The van der Waals surface area contributed by atoms with E-state index < -0.39 is 17.6 Å². The third-order valence-corrected chi connectivity index (χ3v) is 4.68. The van der Waals surface area contributed by atoms with Gasteiger partial charge in [-0.05, 0) is 48.5 Å². The van der Waals surface area contributed by atoms with E-state index in [1.165, 1.54) is 6.20 Å². The maximum Gasteiger partial charge on any atom is 0.442 e. The van der Waals surface area contributed by atoms with Crippen molar-refractivity contribution in [1.82, 2.24) is 14.7 Å². The molecule has 10 heteroatoms. The smallest absolute Gasteiger partial charge is 0.324 e. The van der Waals surface area contributed by atoms with E-state index in [1.807, 2.05) is 0 Å². The number of amides is 2. The molecule has 2 amide bonds. The Morgan fingerprint density at radius 3 is 2.47 bits per heavy atom. The molecule has 9 nitrogen and oxygen atoms in total. The third kappa shape index (κ3) is 4.73. The van der Waals surface area contributed by atoms with Crippen molar-refractivity contribution in [3.8, 4) is 11.5 Å². The molecule has 0 bridgehead atoms. The summed E-state index contributed by atoms with van der Waals surface area (Å²) in [5.41, 5.74) is 1.47. The van der Waals surface area contributed by atoms with Crippen molar-refractivity contribution in [3.63, 3.8) is 0 Å². The van der Waals surface area contributed by atoms with Gasteiger partial charge in [0.15, 0.2) is 0 Å². The minimum Gasteiger partial charge on any atom is -0.324 e. The minimum absolute atomic E-state index is 0.125. The van der Waals surface area contributed by atoms with Crippen LogP contribution in [-0.2, 0) is 11.3 Å². The maximum atomic E-state index is 12.7. The second kappa shape index (κ2) is 9.27. The average molecular weight is 450 g/mol. The summed E-state index contributed by atoms with van der Waals surface area (Å²) in [7, 11) is 0. The minimum atomic E-state index is -0.797. The summed E-state index contributed by atoms with van der Waals surface area (Å²) in [6.45, 7) is -0.374. The highest BCUT2D eigenvalue weighted by Gasteiger charge is 2.18. The molecule has 0 spiro atoms. The molecular weight excluding hydrogens is 434 g/mol. The fraction of sp³-hybridized carbons (Fsp3) is 0.0455. The summed E-state index contributed by atoms with van der Waals surface area (Å²) >= 11 is 5.87. The fourth-order valence-electron chi connectivity index (χ4n) is 2.94.